The third kappa shape index (κ3) is 1.48. The minimum absolute atomic E-state index is 0.761. The van der Waals surface area contributed by atoms with Gasteiger partial charge in [-0.05, 0) is 12.1 Å². The number of fused-ring (bicyclic) bond motifs is 1. The van der Waals surface area contributed by atoms with Crippen LogP contribution in [-0.2, 0) is 6.42 Å². The molecule has 3 nitrogen and oxygen atoms in total. The average molecular weight is 188 g/mol. The molecule has 2 rings (SSSR count). The summed E-state index contributed by atoms with van der Waals surface area (Å²) < 4.78 is 5.12. The van der Waals surface area contributed by atoms with Gasteiger partial charge in [-0.3, -0.25) is 0 Å². The Morgan fingerprint density at radius 3 is 3.14 bits per heavy atom. The minimum atomic E-state index is 0.761. The van der Waals surface area contributed by atoms with E-state index in [4.69, 9.17) is 4.74 Å². The van der Waals surface area contributed by atoms with Crippen LogP contribution in [0.5, 0.6) is 5.75 Å². The van der Waals surface area contributed by atoms with Crippen molar-refractivity contribution in [3.63, 3.8) is 0 Å². The first-order valence-electron chi connectivity index (χ1n) is 4.47. The van der Waals surface area contributed by atoms with Crippen LogP contribution in [0.4, 0.5) is 0 Å². The van der Waals surface area contributed by atoms with E-state index < -0.39 is 0 Å². The van der Waals surface area contributed by atoms with Crippen molar-refractivity contribution in [1.82, 2.24) is 9.97 Å². The quantitative estimate of drug-likeness (QED) is 0.750. The molecule has 0 spiro atoms. The largest absolute Gasteiger partial charge is 0.497 e. The lowest BCUT2D eigenvalue weighted by atomic mass is 10.3. The van der Waals surface area contributed by atoms with E-state index >= 15 is 0 Å². The summed E-state index contributed by atoms with van der Waals surface area (Å²) in [6.07, 6.45) is 2.59. The smallest absolute Gasteiger partial charge is 0.121 e. The molecule has 0 radical (unpaired) electrons. The van der Waals surface area contributed by atoms with Gasteiger partial charge in [0.1, 0.15) is 11.6 Å². The van der Waals surface area contributed by atoms with Crippen LogP contribution in [-0.4, -0.2) is 17.1 Å². The lowest BCUT2D eigenvalue weighted by molar-refractivity contribution is 0.415. The van der Waals surface area contributed by atoms with Gasteiger partial charge >= 0.3 is 0 Å². The van der Waals surface area contributed by atoms with Crippen LogP contribution < -0.4 is 4.74 Å². The van der Waals surface area contributed by atoms with Gasteiger partial charge in [-0.15, -0.1) is 6.58 Å². The van der Waals surface area contributed by atoms with Crippen LogP contribution in [0.1, 0.15) is 5.82 Å². The molecule has 0 bridgehead atoms. The minimum Gasteiger partial charge on any atom is -0.497 e. The van der Waals surface area contributed by atoms with Crippen LogP contribution in [0, 0.1) is 0 Å². The Morgan fingerprint density at radius 2 is 2.43 bits per heavy atom. The highest BCUT2D eigenvalue weighted by molar-refractivity contribution is 5.76. The molecule has 2 aromatic rings. The number of aromatic amines is 1. The fraction of sp³-hybridized carbons (Fsp3) is 0.182. The van der Waals surface area contributed by atoms with Crippen LogP contribution >= 0.6 is 0 Å². The van der Waals surface area contributed by atoms with E-state index in [1.165, 1.54) is 0 Å². The fourth-order valence-corrected chi connectivity index (χ4v) is 1.40. The molecule has 0 amide bonds. The number of benzene rings is 1. The van der Waals surface area contributed by atoms with Gasteiger partial charge in [-0.1, -0.05) is 6.08 Å². The van der Waals surface area contributed by atoms with Crippen LogP contribution in [0.3, 0.4) is 0 Å². The predicted molar refractivity (Wildman–Crippen MR) is 56.5 cm³/mol. The molecule has 0 atom stereocenters. The summed E-state index contributed by atoms with van der Waals surface area (Å²) in [6.45, 7) is 3.68. The molecule has 0 saturated carbocycles. The van der Waals surface area contributed by atoms with Crippen LogP contribution in [0.25, 0.3) is 11.0 Å². The monoisotopic (exact) mass is 188 g/mol. The maximum atomic E-state index is 5.12. The van der Waals surface area contributed by atoms with Crippen molar-refractivity contribution in [2.45, 2.75) is 6.42 Å². The molecule has 1 heterocycles. The molecule has 1 aromatic carbocycles. The van der Waals surface area contributed by atoms with Gasteiger partial charge in [0.2, 0.25) is 0 Å². The van der Waals surface area contributed by atoms with E-state index in [2.05, 4.69) is 16.5 Å². The summed E-state index contributed by atoms with van der Waals surface area (Å²) >= 11 is 0. The first-order chi connectivity index (χ1) is 6.83. The van der Waals surface area contributed by atoms with Crippen molar-refractivity contribution >= 4 is 11.0 Å². The first-order valence-corrected chi connectivity index (χ1v) is 4.47. The lowest BCUT2D eigenvalue weighted by Gasteiger charge is -1.96. The third-order valence-corrected chi connectivity index (χ3v) is 2.08. The molecule has 1 aromatic heterocycles. The topological polar surface area (TPSA) is 37.9 Å². The summed E-state index contributed by atoms with van der Waals surface area (Å²) in [4.78, 5) is 7.60. The van der Waals surface area contributed by atoms with E-state index in [1.807, 2.05) is 24.3 Å². The molecule has 0 saturated heterocycles. The first kappa shape index (κ1) is 8.81. The Labute approximate surface area is 82.4 Å². The summed E-state index contributed by atoms with van der Waals surface area (Å²) in [6, 6.07) is 5.78. The average Bonchev–Trinajstić information content (AvgIpc) is 2.59. The molecular weight excluding hydrogens is 176 g/mol. The number of rotatable bonds is 3. The Hall–Kier alpha value is -1.77. The van der Waals surface area contributed by atoms with E-state index in [1.54, 1.807) is 7.11 Å². The number of hydrogen-bond donors (Lipinski definition) is 1. The number of aromatic nitrogens is 2. The zero-order valence-corrected chi connectivity index (χ0v) is 8.08. The predicted octanol–water partition coefficient (Wildman–Crippen LogP) is 2.30. The zero-order valence-electron chi connectivity index (χ0n) is 8.08. The molecule has 1 N–H and O–H groups in total. The second-order valence-electron chi connectivity index (χ2n) is 3.06. The number of H-pyrrole nitrogens is 1. The van der Waals surface area contributed by atoms with Crippen molar-refractivity contribution in [2.24, 2.45) is 0 Å². The number of hydrogen-bond acceptors (Lipinski definition) is 2. The van der Waals surface area contributed by atoms with Crippen molar-refractivity contribution in [2.75, 3.05) is 7.11 Å². The van der Waals surface area contributed by atoms with E-state index in [0.717, 1.165) is 29.0 Å². The van der Waals surface area contributed by atoms with Crippen LogP contribution in [0.2, 0.25) is 0 Å². The number of nitrogens with one attached hydrogen (secondary N) is 1. The van der Waals surface area contributed by atoms with Gasteiger partial charge in [0.05, 0.1) is 18.1 Å². The van der Waals surface area contributed by atoms with Gasteiger partial charge in [0.15, 0.2) is 0 Å². The highest BCUT2D eigenvalue weighted by Gasteiger charge is 2.01. The van der Waals surface area contributed by atoms with Gasteiger partial charge in [-0.25, -0.2) is 4.98 Å². The van der Waals surface area contributed by atoms with Gasteiger partial charge < -0.3 is 9.72 Å². The van der Waals surface area contributed by atoms with Crippen molar-refractivity contribution < 1.29 is 4.74 Å². The molecular formula is C11H12N2O. The molecule has 0 fully saturated rings. The number of nitrogens with zero attached hydrogens (tertiary/aromatic N) is 1. The van der Waals surface area contributed by atoms with Crippen LogP contribution in [0.15, 0.2) is 30.9 Å². The summed E-state index contributed by atoms with van der Waals surface area (Å²) in [5.41, 5.74) is 1.96. The zero-order chi connectivity index (χ0) is 9.97. The second kappa shape index (κ2) is 3.54. The molecule has 0 aliphatic heterocycles. The number of allylic oxidation sites excluding steroid dienone is 1. The van der Waals surface area contributed by atoms with Crippen molar-refractivity contribution in [3.8, 4) is 5.75 Å². The van der Waals surface area contributed by atoms with Gasteiger partial charge in [-0.2, -0.15) is 0 Å². The maximum absolute atomic E-state index is 5.12. The Morgan fingerprint density at radius 1 is 1.57 bits per heavy atom. The molecule has 0 unspecified atom stereocenters. The third-order valence-electron chi connectivity index (χ3n) is 2.08. The second-order valence-corrected chi connectivity index (χ2v) is 3.06. The number of ether oxygens (including phenoxy) is 1. The van der Waals surface area contributed by atoms with Gasteiger partial charge in [0.25, 0.3) is 0 Å². The van der Waals surface area contributed by atoms with E-state index in [-0.39, 0.29) is 0 Å². The number of methoxy groups -OCH3 is 1. The van der Waals surface area contributed by atoms with E-state index in [0.29, 0.717) is 0 Å². The standard InChI is InChI=1S/C11H12N2O/c1-3-4-11-12-9-6-5-8(14-2)7-10(9)13-11/h3,5-7H,1,4H2,2H3,(H,12,13). The summed E-state index contributed by atoms with van der Waals surface area (Å²) in [7, 11) is 1.65. The molecule has 0 aliphatic carbocycles. The normalized spacial score (nSPS) is 10.4. The molecule has 0 aliphatic rings. The number of imidazole rings is 1. The highest BCUT2D eigenvalue weighted by atomic mass is 16.5. The fourth-order valence-electron chi connectivity index (χ4n) is 1.40. The van der Waals surface area contributed by atoms with Crippen molar-refractivity contribution in [1.29, 1.82) is 0 Å². The highest BCUT2D eigenvalue weighted by Crippen LogP contribution is 2.18. The molecule has 14 heavy (non-hydrogen) atoms. The Bertz CT molecular complexity index is 459. The van der Waals surface area contributed by atoms with E-state index in [9.17, 15) is 0 Å². The summed E-state index contributed by atoms with van der Waals surface area (Å²) in [5.74, 6) is 1.77. The molecule has 3 heteroatoms. The SMILES string of the molecule is C=CCc1nc2ccc(OC)cc2[nH]1. The maximum Gasteiger partial charge on any atom is 0.121 e. The Kier molecular flexibility index (Phi) is 2.23. The lowest BCUT2D eigenvalue weighted by Crippen LogP contribution is -1.81. The van der Waals surface area contributed by atoms with Gasteiger partial charge in [0, 0.05) is 12.5 Å². The summed E-state index contributed by atoms with van der Waals surface area (Å²) in [5, 5.41) is 0. The Balaban J connectivity index is 2.48. The van der Waals surface area contributed by atoms with Crippen molar-refractivity contribution in [3.05, 3.63) is 36.7 Å². The molecule has 72 valence electrons.